The van der Waals surface area contributed by atoms with E-state index in [-0.39, 0.29) is 18.6 Å². The van der Waals surface area contributed by atoms with Crippen LogP contribution >= 0.6 is 23.5 Å². The van der Waals surface area contributed by atoms with E-state index in [1.807, 2.05) is 58.8 Å². The Bertz CT molecular complexity index is 749. The lowest BCUT2D eigenvalue weighted by Crippen LogP contribution is -2.34. The number of thioether (sulfide) groups is 2. The largest absolute Gasteiger partial charge is 0.484 e. The Labute approximate surface area is 169 Å². The zero-order valence-electron chi connectivity index (χ0n) is 15.3. The summed E-state index contributed by atoms with van der Waals surface area (Å²) in [5.41, 5.74) is 2.30. The molecule has 142 valence electrons. The van der Waals surface area contributed by atoms with Gasteiger partial charge >= 0.3 is 0 Å². The van der Waals surface area contributed by atoms with Gasteiger partial charge in [-0.3, -0.25) is 9.78 Å². The maximum atomic E-state index is 12.7. The number of likely N-dealkylation sites (tertiary alicyclic amines) is 1. The highest BCUT2D eigenvalue weighted by molar-refractivity contribution is 8.16. The molecule has 1 aromatic carbocycles. The van der Waals surface area contributed by atoms with E-state index in [9.17, 15) is 4.79 Å². The highest BCUT2D eigenvalue weighted by Crippen LogP contribution is 2.43. The number of rotatable bonds is 5. The van der Waals surface area contributed by atoms with Gasteiger partial charge in [-0.2, -0.15) is 0 Å². The molecule has 1 amide bonds. The molecule has 0 spiro atoms. The fourth-order valence-corrected chi connectivity index (χ4v) is 6.47. The topological polar surface area (TPSA) is 42.4 Å². The molecule has 1 atom stereocenters. The summed E-state index contributed by atoms with van der Waals surface area (Å²) in [5.74, 6) is 3.26. The molecule has 2 fully saturated rings. The van der Waals surface area contributed by atoms with Gasteiger partial charge in [0.2, 0.25) is 0 Å². The van der Waals surface area contributed by atoms with Crippen LogP contribution in [0.3, 0.4) is 0 Å². The second kappa shape index (κ2) is 9.02. The molecule has 2 aliphatic rings. The van der Waals surface area contributed by atoms with Gasteiger partial charge in [0.25, 0.3) is 5.91 Å². The second-order valence-corrected chi connectivity index (χ2v) is 9.51. The first-order valence-electron chi connectivity index (χ1n) is 9.47. The Morgan fingerprint density at radius 2 is 1.93 bits per heavy atom. The monoisotopic (exact) mass is 400 g/mol. The average Bonchev–Trinajstić information content (AvgIpc) is 3.24. The maximum absolute atomic E-state index is 12.7. The second-order valence-electron chi connectivity index (χ2n) is 6.78. The van der Waals surface area contributed by atoms with Crippen LogP contribution in [-0.4, -0.2) is 40.4 Å². The van der Waals surface area contributed by atoms with E-state index in [1.165, 1.54) is 23.5 Å². The molecular weight excluding hydrogens is 376 g/mol. The Hall–Kier alpha value is -1.66. The van der Waals surface area contributed by atoms with Crippen molar-refractivity contribution in [1.82, 2.24) is 9.88 Å². The molecule has 0 aliphatic carbocycles. The molecule has 6 heteroatoms. The number of nitrogens with zero attached hydrogens (tertiary/aromatic N) is 2. The summed E-state index contributed by atoms with van der Waals surface area (Å²) < 4.78 is 6.31. The van der Waals surface area contributed by atoms with Gasteiger partial charge in [0.1, 0.15) is 5.75 Å². The van der Waals surface area contributed by atoms with Crippen LogP contribution in [0.2, 0.25) is 0 Å². The number of hydrogen-bond donors (Lipinski definition) is 0. The molecule has 4 rings (SSSR count). The fraction of sp³-hybridized carbons (Fsp3) is 0.429. The lowest BCUT2D eigenvalue weighted by molar-refractivity contribution is -0.134. The molecule has 4 nitrogen and oxygen atoms in total. The van der Waals surface area contributed by atoms with Crippen molar-refractivity contribution in [2.75, 3.05) is 24.7 Å². The highest BCUT2D eigenvalue weighted by atomic mass is 32.2. The number of pyridine rings is 1. The standard InChI is InChI=1S/C21H24N2O2S2/c24-20(23-12-3-6-19(23)18-5-1-2-11-22-18)15-25-17-9-7-16(8-10-17)21-26-13-4-14-27-21/h1-2,5,7-11,19,21H,3-4,6,12-15H2/t19-/m0/s1. The number of hydrogen-bond acceptors (Lipinski definition) is 5. The summed E-state index contributed by atoms with van der Waals surface area (Å²) >= 11 is 4.02. The van der Waals surface area contributed by atoms with Crippen LogP contribution in [-0.2, 0) is 4.79 Å². The average molecular weight is 401 g/mol. The molecule has 2 aromatic rings. The van der Waals surface area contributed by atoms with E-state index >= 15 is 0 Å². The third kappa shape index (κ3) is 4.61. The number of aromatic nitrogens is 1. The fourth-order valence-electron chi connectivity index (χ4n) is 3.58. The minimum Gasteiger partial charge on any atom is -0.484 e. The van der Waals surface area contributed by atoms with Gasteiger partial charge < -0.3 is 9.64 Å². The summed E-state index contributed by atoms with van der Waals surface area (Å²) in [5, 5.41) is 0. The first-order valence-corrected chi connectivity index (χ1v) is 11.6. The van der Waals surface area contributed by atoms with Crippen molar-refractivity contribution in [2.45, 2.75) is 29.9 Å². The van der Waals surface area contributed by atoms with Crippen LogP contribution in [0.25, 0.3) is 0 Å². The van der Waals surface area contributed by atoms with E-state index in [0.29, 0.717) is 4.58 Å². The van der Waals surface area contributed by atoms with E-state index in [0.717, 1.165) is 30.8 Å². The van der Waals surface area contributed by atoms with E-state index in [4.69, 9.17) is 4.74 Å². The number of carbonyl (C=O) groups excluding carboxylic acids is 1. The first-order chi connectivity index (χ1) is 13.3. The maximum Gasteiger partial charge on any atom is 0.261 e. The van der Waals surface area contributed by atoms with E-state index in [1.54, 1.807) is 6.20 Å². The van der Waals surface area contributed by atoms with Gasteiger partial charge in [0, 0.05) is 12.7 Å². The minimum absolute atomic E-state index is 0.0330. The van der Waals surface area contributed by atoms with E-state index in [2.05, 4.69) is 17.1 Å². The zero-order valence-corrected chi connectivity index (χ0v) is 16.9. The van der Waals surface area contributed by atoms with Crippen molar-refractivity contribution in [2.24, 2.45) is 0 Å². The zero-order chi connectivity index (χ0) is 18.5. The van der Waals surface area contributed by atoms with Crippen molar-refractivity contribution in [3.05, 3.63) is 59.9 Å². The molecule has 1 aromatic heterocycles. The van der Waals surface area contributed by atoms with Crippen molar-refractivity contribution in [1.29, 1.82) is 0 Å². The van der Waals surface area contributed by atoms with Crippen molar-refractivity contribution < 1.29 is 9.53 Å². The molecule has 2 saturated heterocycles. The predicted molar refractivity (Wildman–Crippen MR) is 112 cm³/mol. The Morgan fingerprint density at radius 3 is 2.67 bits per heavy atom. The summed E-state index contributed by atoms with van der Waals surface area (Å²) in [6.45, 7) is 0.855. The molecule has 2 aliphatic heterocycles. The molecule has 0 unspecified atom stereocenters. The SMILES string of the molecule is O=C(COc1ccc(C2SCCCS2)cc1)N1CCC[C@H]1c1ccccn1. The predicted octanol–water partition coefficient (Wildman–Crippen LogP) is 4.69. The molecule has 0 bridgehead atoms. The van der Waals surface area contributed by atoms with Crippen molar-refractivity contribution in [3.8, 4) is 5.75 Å². The van der Waals surface area contributed by atoms with Gasteiger partial charge in [0.05, 0.1) is 16.3 Å². The summed E-state index contributed by atoms with van der Waals surface area (Å²) in [6.07, 6.45) is 5.06. The number of amides is 1. The van der Waals surface area contributed by atoms with Crippen LogP contribution in [0, 0.1) is 0 Å². The molecule has 3 heterocycles. The Kier molecular flexibility index (Phi) is 6.24. The Morgan fingerprint density at radius 1 is 1.11 bits per heavy atom. The summed E-state index contributed by atoms with van der Waals surface area (Å²) in [7, 11) is 0. The van der Waals surface area contributed by atoms with Crippen LogP contribution in [0.15, 0.2) is 48.7 Å². The number of ether oxygens (including phenoxy) is 1. The number of benzene rings is 1. The third-order valence-electron chi connectivity index (χ3n) is 4.94. The molecule has 0 N–H and O–H groups in total. The minimum atomic E-state index is 0.0330. The highest BCUT2D eigenvalue weighted by Gasteiger charge is 2.30. The number of carbonyl (C=O) groups is 1. The van der Waals surface area contributed by atoms with Gasteiger partial charge in [-0.15, -0.1) is 23.5 Å². The molecule has 27 heavy (non-hydrogen) atoms. The normalized spacial score (nSPS) is 20.6. The van der Waals surface area contributed by atoms with Gasteiger partial charge in [-0.25, -0.2) is 0 Å². The lowest BCUT2D eigenvalue weighted by Gasteiger charge is -2.24. The molecular formula is C21H24N2O2S2. The van der Waals surface area contributed by atoms with Gasteiger partial charge in [-0.1, -0.05) is 18.2 Å². The third-order valence-corrected chi connectivity index (χ3v) is 7.96. The lowest BCUT2D eigenvalue weighted by atomic mass is 10.1. The van der Waals surface area contributed by atoms with Gasteiger partial charge in [-0.05, 0) is 60.6 Å². The van der Waals surface area contributed by atoms with Crippen LogP contribution < -0.4 is 4.74 Å². The van der Waals surface area contributed by atoms with Crippen LogP contribution in [0.4, 0.5) is 0 Å². The summed E-state index contributed by atoms with van der Waals surface area (Å²) in [6, 6.07) is 14.2. The smallest absolute Gasteiger partial charge is 0.261 e. The first kappa shape index (κ1) is 18.7. The quantitative estimate of drug-likeness (QED) is 0.728. The van der Waals surface area contributed by atoms with Crippen LogP contribution in [0.5, 0.6) is 5.75 Å². The Balaban J connectivity index is 1.33. The van der Waals surface area contributed by atoms with Crippen molar-refractivity contribution in [3.63, 3.8) is 0 Å². The van der Waals surface area contributed by atoms with Crippen LogP contribution in [0.1, 0.15) is 41.1 Å². The molecule has 0 radical (unpaired) electrons. The molecule has 0 saturated carbocycles. The summed E-state index contributed by atoms with van der Waals surface area (Å²) in [4.78, 5) is 19.0. The van der Waals surface area contributed by atoms with Crippen molar-refractivity contribution >= 4 is 29.4 Å². The van der Waals surface area contributed by atoms with Gasteiger partial charge in [0.15, 0.2) is 6.61 Å². The van der Waals surface area contributed by atoms with E-state index < -0.39 is 0 Å².